The van der Waals surface area contributed by atoms with Gasteiger partial charge < -0.3 is 25.8 Å². The summed E-state index contributed by atoms with van der Waals surface area (Å²) in [7, 11) is 1.54. The Bertz CT molecular complexity index is 411. The van der Waals surface area contributed by atoms with Crippen LogP contribution in [0.2, 0.25) is 0 Å². The van der Waals surface area contributed by atoms with Gasteiger partial charge in [-0.1, -0.05) is 0 Å². The quantitative estimate of drug-likeness (QED) is 0.537. The van der Waals surface area contributed by atoms with Crippen LogP contribution in [0.3, 0.4) is 0 Å². The highest BCUT2D eigenvalue weighted by molar-refractivity contribution is 5.83. The molecule has 0 spiro atoms. The number of hydrogen-bond acceptors (Lipinski definition) is 4. The van der Waals surface area contributed by atoms with E-state index in [2.05, 4.69) is 16.0 Å². The molecular weight excluding hydrogens is 278 g/mol. The van der Waals surface area contributed by atoms with Crippen LogP contribution in [-0.2, 0) is 14.3 Å². The molecule has 120 valence electrons. The van der Waals surface area contributed by atoms with Gasteiger partial charge in [-0.05, 0) is 26.7 Å². The van der Waals surface area contributed by atoms with Crippen molar-refractivity contribution in [1.82, 2.24) is 16.0 Å². The standard InChI is InChI=1S/C13H23N3O5/c1-13(2,11(19)14-3)7-16-12(20)15-6-8-4-5-9(21-8)10(17)18/h8-9H,4-7H2,1-3H3,(H,14,19)(H,17,18)(H2,15,16,20). The summed E-state index contributed by atoms with van der Waals surface area (Å²) in [6, 6.07) is -0.408. The van der Waals surface area contributed by atoms with Crippen LogP contribution in [-0.4, -0.2) is 55.4 Å². The van der Waals surface area contributed by atoms with E-state index in [-0.39, 0.29) is 25.1 Å². The van der Waals surface area contributed by atoms with Crippen molar-refractivity contribution >= 4 is 17.9 Å². The first-order valence-electron chi connectivity index (χ1n) is 6.88. The van der Waals surface area contributed by atoms with Gasteiger partial charge in [0.1, 0.15) is 0 Å². The van der Waals surface area contributed by atoms with Gasteiger partial charge in [-0.25, -0.2) is 9.59 Å². The summed E-state index contributed by atoms with van der Waals surface area (Å²) in [4.78, 5) is 33.9. The molecule has 1 fully saturated rings. The highest BCUT2D eigenvalue weighted by atomic mass is 16.5. The highest BCUT2D eigenvalue weighted by Gasteiger charge is 2.31. The van der Waals surface area contributed by atoms with Gasteiger partial charge in [0.2, 0.25) is 5.91 Å². The third-order valence-corrected chi connectivity index (χ3v) is 3.41. The third kappa shape index (κ3) is 5.22. The van der Waals surface area contributed by atoms with Crippen LogP contribution in [0.5, 0.6) is 0 Å². The maximum atomic E-state index is 11.6. The van der Waals surface area contributed by atoms with Crippen molar-refractivity contribution in [3.8, 4) is 0 Å². The van der Waals surface area contributed by atoms with E-state index >= 15 is 0 Å². The van der Waals surface area contributed by atoms with Crippen molar-refractivity contribution in [2.75, 3.05) is 20.1 Å². The highest BCUT2D eigenvalue weighted by Crippen LogP contribution is 2.19. The van der Waals surface area contributed by atoms with Crippen LogP contribution < -0.4 is 16.0 Å². The summed E-state index contributed by atoms with van der Waals surface area (Å²) in [5.41, 5.74) is -0.704. The number of urea groups is 1. The van der Waals surface area contributed by atoms with E-state index < -0.39 is 23.5 Å². The Balaban J connectivity index is 2.26. The number of rotatable bonds is 6. The average Bonchev–Trinajstić information content (AvgIpc) is 2.91. The number of carboxylic acid groups (broad SMARTS) is 1. The largest absolute Gasteiger partial charge is 0.479 e. The van der Waals surface area contributed by atoms with E-state index in [1.165, 1.54) is 0 Å². The summed E-state index contributed by atoms with van der Waals surface area (Å²) in [5, 5.41) is 16.6. The number of hydrogen-bond donors (Lipinski definition) is 4. The Kier molecular flexibility index (Phi) is 5.95. The first-order valence-corrected chi connectivity index (χ1v) is 6.88. The number of aliphatic carboxylic acids is 1. The van der Waals surface area contributed by atoms with Crippen LogP contribution in [0.15, 0.2) is 0 Å². The number of carboxylic acids is 1. The molecule has 0 aromatic rings. The van der Waals surface area contributed by atoms with E-state index in [0.29, 0.717) is 12.8 Å². The van der Waals surface area contributed by atoms with Gasteiger partial charge in [0.05, 0.1) is 11.5 Å². The second-order valence-corrected chi connectivity index (χ2v) is 5.69. The van der Waals surface area contributed by atoms with Crippen LogP contribution in [0.25, 0.3) is 0 Å². The molecular formula is C13H23N3O5. The molecule has 8 nitrogen and oxygen atoms in total. The first-order chi connectivity index (χ1) is 9.76. The molecule has 0 aromatic heterocycles. The Labute approximate surface area is 123 Å². The van der Waals surface area contributed by atoms with E-state index in [4.69, 9.17) is 9.84 Å². The summed E-state index contributed by atoms with van der Waals surface area (Å²) >= 11 is 0. The van der Waals surface area contributed by atoms with Crippen molar-refractivity contribution in [2.24, 2.45) is 5.41 Å². The number of amides is 3. The van der Waals surface area contributed by atoms with Gasteiger partial charge in [-0.2, -0.15) is 0 Å². The molecule has 2 atom stereocenters. The van der Waals surface area contributed by atoms with E-state index in [1.54, 1.807) is 20.9 Å². The molecule has 0 radical (unpaired) electrons. The second kappa shape index (κ2) is 7.26. The maximum absolute atomic E-state index is 11.6. The van der Waals surface area contributed by atoms with Gasteiger partial charge in [0, 0.05) is 20.1 Å². The predicted molar refractivity (Wildman–Crippen MR) is 74.8 cm³/mol. The number of nitrogens with one attached hydrogen (secondary N) is 3. The van der Waals surface area contributed by atoms with Crippen LogP contribution in [0.1, 0.15) is 26.7 Å². The minimum absolute atomic E-state index is 0.161. The van der Waals surface area contributed by atoms with Gasteiger partial charge in [0.15, 0.2) is 6.10 Å². The van der Waals surface area contributed by atoms with Crippen molar-refractivity contribution in [2.45, 2.75) is 38.9 Å². The van der Waals surface area contributed by atoms with Gasteiger partial charge in [0.25, 0.3) is 0 Å². The molecule has 0 aromatic carbocycles. The molecule has 0 bridgehead atoms. The minimum Gasteiger partial charge on any atom is -0.479 e. The van der Waals surface area contributed by atoms with E-state index in [0.717, 1.165) is 0 Å². The number of carbonyl (C=O) groups excluding carboxylic acids is 2. The summed E-state index contributed by atoms with van der Waals surface area (Å²) in [5.74, 6) is -1.14. The lowest BCUT2D eigenvalue weighted by Crippen LogP contribution is -2.47. The third-order valence-electron chi connectivity index (χ3n) is 3.41. The fourth-order valence-electron chi connectivity index (χ4n) is 2.03. The maximum Gasteiger partial charge on any atom is 0.332 e. The molecule has 21 heavy (non-hydrogen) atoms. The zero-order valence-electron chi connectivity index (χ0n) is 12.6. The van der Waals surface area contributed by atoms with Gasteiger partial charge in [-0.3, -0.25) is 4.79 Å². The SMILES string of the molecule is CNC(=O)C(C)(C)CNC(=O)NCC1CCC(C(=O)O)O1. The fraction of sp³-hybridized carbons (Fsp3) is 0.769. The molecule has 1 heterocycles. The van der Waals surface area contributed by atoms with Crippen LogP contribution in [0.4, 0.5) is 4.79 Å². The molecule has 0 aliphatic carbocycles. The number of ether oxygens (including phenoxy) is 1. The molecule has 0 saturated carbocycles. The lowest BCUT2D eigenvalue weighted by molar-refractivity contribution is -0.149. The molecule has 1 aliphatic heterocycles. The van der Waals surface area contributed by atoms with E-state index in [9.17, 15) is 14.4 Å². The van der Waals surface area contributed by atoms with E-state index in [1.807, 2.05) is 0 Å². The van der Waals surface area contributed by atoms with Crippen molar-refractivity contribution in [3.63, 3.8) is 0 Å². The summed E-state index contributed by atoms with van der Waals surface area (Å²) in [6.45, 7) is 3.89. The Morgan fingerprint density at radius 3 is 2.43 bits per heavy atom. The molecule has 2 unspecified atom stereocenters. The predicted octanol–water partition coefficient (Wildman–Crippen LogP) is -0.310. The Morgan fingerprint density at radius 1 is 1.24 bits per heavy atom. The van der Waals surface area contributed by atoms with Crippen molar-refractivity contribution in [3.05, 3.63) is 0 Å². The molecule has 1 rings (SSSR count). The Hall–Kier alpha value is -1.83. The fourth-order valence-corrected chi connectivity index (χ4v) is 2.03. The Morgan fingerprint density at radius 2 is 1.90 bits per heavy atom. The summed E-state index contributed by atoms with van der Waals surface area (Å²) in [6.07, 6.45) is -0.0237. The molecule has 3 amide bonds. The molecule has 1 aliphatic rings. The minimum atomic E-state index is -0.978. The monoisotopic (exact) mass is 301 g/mol. The van der Waals surface area contributed by atoms with Crippen molar-refractivity contribution in [1.29, 1.82) is 0 Å². The normalized spacial score (nSPS) is 21.7. The molecule has 8 heteroatoms. The van der Waals surface area contributed by atoms with Crippen molar-refractivity contribution < 1.29 is 24.2 Å². The topological polar surface area (TPSA) is 117 Å². The molecule has 4 N–H and O–H groups in total. The lowest BCUT2D eigenvalue weighted by Gasteiger charge is -2.23. The van der Waals surface area contributed by atoms with Gasteiger partial charge >= 0.3 is 12.0 Å². The average molecular weight is 301 g/mol. The van der Waals surface area contributed by atoms with Crippen LogP contribution in [0, 0.1) is 5.41 Å². The zero-order valence-corrected chi connectivity index (χ0v) is 12.6. The first kappa shape index (κ1) is 17.2. The second-order valence-electron chi connectivity index (χ2n) is 5.69. The lowest BCUT2D eigenvalue weighted by atomic mass is 9.92. The molecule has 1 saturated heterocycles. The number of carbonyl (C=O) groups is 3. The smallest absolute Gasteiger partial charge is 0.332 e. The zero-order chi connectivity index (χ0) is 16.0. The van der Waals surface area contributed by atoms with Crippen LogP contribution >= 0.6 is 0 Å². The summed E-state index contributed by atoms with van der Waals surface area (Å²) < 4.78 is 5.27. The van der Waals surface area contributed by atoms with Gasteiger partial charge in [-0.15, -0.1) is 0 Å².